The summed E-state index contributed by atoms with van der Waals surface area (Å²) in [5, 5.41) is 4.43. The fraction of sp³-hybridized carbons (Fsp3) is 0.0741. The molecule has 0 aliphatic carbocycles. The normalized spacial score (nSPS) is 11.1. The van der Waals surface area contributed by atoms with Crippen molar-refractivity contribution in [2.45, 2.75) is 12.1 Å². The lowest BCUT2D eigenvalue weighted by atomic mass is 10.0. The maximum absolute atomic E-state index is 14.0. The lowest BCUT2D eigenvalue weighted by molar-refractivity contribution is -0.113. The molecule has 3 aromatic carbocycles. The quantitative estimate of drug-likeness (QED) is 0.175. The van der Waals surface area contributed by atoms with E-state index in [4.69, 9.17) is 28.2 Å². The summed E-state index contributed by atoms with van der Waals surface area (Å²) >= 11 is 14.9. The molecule has 0 saturated carbocycles. The molecule has 0 saturated heterocycles. The van der Waals surface area contributed by atoms with E-state index in [-0.39, 0.29) is 22.2 Å². The summed E-state index contributed by atoms with van der Waals surface area (Å²) < 4.78 is 1.57. The van der Waals surface area contributed by atoms with Gasteiger partial charge in [-0.2, -0.15) is 0 Å². The number of aryl methyl sites for hydroxylation is 1. The van der Waals surface area contributed by atoms with Crippen LogP contribution in [0.1, 0.15) is 4.88 Å². The van der Waals surface area contributed by atoms with Gasteiger partial charge in [-0.15, -0.1) is 11.3 Å². The smallest absolute Gasteiger partial charge is 0.268 e. The van der Waals surface area contributed by atoms with Gasteiger partial charge in [0.25, 0.3) is 5.56 Å². The summed E-state index contributed by atoms with van der Waals surface area (Å²) in [7, 11) is 0. The van der Waals surface area contributed by atoms with E-state index in [1.165, 1.54) is 23.1 Å². The molecule has 0 bridgehead atoms. The van der Waals surface area contributed by atoms with E-state index in [2.05, 4.69) is 5.32 Å². The Morgan fingerprint density at radius 1 is 1.00 bits per heavy atom. The van der Waals surface area contributed by atoms with Crippen molar-refractivity contribution < 1.29 is 4.79 Å². The molecule has 0 aliphatic heterocycles. The Balaban J connectivity index is 1.56. The van der Waals surface area contributed by atoms with Crippen LogP contribution in [0.4, 0.5) is 5.69 Å². The van der Waals surface area contributed by atoms with Crippen LogP contribution in [0, 0.1) is 6.92 Å². The highest BCUT2D eigenvalue weighted by Gasteiger charge is 2.21. The SMILES string of the molecule is Cc1sc2nc(SCC(=O)Nc3cccc(Cl)c3Cl)n(-c3ccccc3)c(=O)c2c1-c1ccccc1. The van der Waals surface area contributed by atoms with Crippen molar-refractivity contribution in [3.05, 3.63) is 104 Å². The monoisotopic (exact) mass is 551 g/mol. The minimum absolute atomic E-state index is 0.0313. The summed E-state index contributed by atoms with van der Waals surface area (Å²) in [5.74, 6) is -0.255. The number of halogens is 2. The van der Waals surface area contributed by atoms with Gasteiger partial charge in [0.15, 0.2) is 5.16 Å². The third-order valence-corrected chi connectivity index (χ3v) is 8.26. The molecular formula is C27H19Cl2N3O2S2. The Kier molecular flexibility index (Phi) is 7.16. The van der Waals surface area contributed by atoms with Crippen LogP contribution in [-0.4, -0.2) is 21.2 Å². The molecule has 0 atom stereocenters. The first-order chi connectivity index (χ1) is 17.4. The molecule has 5 aromatic rings. The van der Waals surface area contributed by atoms with E-state index < -0.39 is 0 Å². The number of carbonyl (C=O) groups is 1. The summed E-state index contributed by atoms with van der Waals surface area (Å²) in [6.45, 7) is 2.00. The number of hydrogen-bond acceptors (Lipinski definition) is 5. The Morgan fingerprint density at radius 3 is 2.42 bits per heavy atom. The van der Waals surface area contributed by atoms with E-state index in [1.54, 1.807) is 22.8 Å². The van der Waals surface area contributed by atoms with E-state index in [9.17, 15) is 9.59 Å². The molecule has 36 heavy (non-hydrogen) atoms. The van der Waals surface area contributed by atoms with Gasteiger partial charge in [-0.25, -0.2) is 4.98 Å². The molecule has 1 N–H and O–H groups in total. The average molecular weight is 553 g/mol. The number of fused-ring (bicyclic) bond motifs is 1. The number of hydrogen-bond donors (Lipinski definition) is 1. The predicted molar refractivity (Wildman–Crippen MR) is 151 cm³/mol. The molecule has 0 fully saturated rings. The zero-order valence-corrected chi connectivity index (χ0v) is 22.1. The first-order valence-electron chi connectivity index (χ1n) is 11.0. The fourth-order valence-corrected chi connectivity index (χ4v) is 6.16. The van der Waals surface area contributed by atoms with Gasteiger partial charge >= 0.3 is 0 Å². The number of benzene rings is 3. The van der Waals surface area contributed by atoms with E-state index in [0.29, 0.717) is 31.8 Å². The predicted octanol–water partition coefficient (Wildman–Crippen LogP) is 7.46. The number of para-hydroxylation sites is 1. The van der Waals surface area contributed by atoms with Crippen LogP contribution in [0.3, 0.4) is 0 Å². The maximum Gasteiger partial charge on any atom is 0.268 e. The van der Waals surface area contributed by atoms with Gasteiger partial charge < -0.3 is 5.32 Å². The molecule has 0 radical (unpaired) electrons. The van der Waals surface area contributed by atoms with Gasteiger partial charge in [0, 0.05) is 10.4 Å². The van der Waals surface area contributed by atoms with E-state index >= 15 is 0 Å². The van der Waals surface area contributed by atoms with Crippen molar-refractivity contribution in [1.82, 2.24) is 9.55 Å². The molecular weight excluding hydrogens is 533 g/mol. The van der Waals surface area contributed by atoms with Crippen LogP contribution in [0.2, 0.25) is 10.0 Å². The van der Waals surface area contributed by atoms with Gasteiger partial charge in [-0.3, -0.25) is 14.2 Å². The topological polar surface area (TPSA) is 64.0 Å². The highest BCUT2D eigenvalue weighted by atomic mass is 35.5. The van der Waals surface area contributed by atoms with Crippen molar-refractivity contribution in [2.75, 3.05) is 11.1 Å². The Morgan fingerprint density at radius 2 is 1.69 bits per heavy atom. The fourth-order valence-electron chi connectivity index (χ4n) is 3.91. The number of aromatic nitrogens is 2. The molecule has 180 valence electrons. The first-order valence-corrected chi connectivity index (χ1v) is 13.5. The second kappa shape index (κ2) is 10.5. The molecule has 2 heterocycles. The van der Waals surface area contributed by atoms with Gasteiger partial charge in [0.05, 0.1) is 32.6 Å². The summed E-state index contributed by atoms with van der Waals surface area (Å²) in [4.78, 5) is 33.2. The number of carbonyl (C=O) groups excluding carboxylic acids is 1. The third kappa shape index (κ3) is 4.80. The number of nitrogens with zero attached hydrogens (tertiary/aromatic N) is 2. The van der Waals surface area contributed by atoms with Crippen LogP contribution in [0.5, 0.6) is 0 Å². The van der Waals surface area contributed by atoms with Crippen molar-refractivity contribution in [3.8, 4) is 16.8 Å². The van der Waals surface area contributed by atoms with Crippen LogP contribution in [0.15, 0.2) is 88.8 Å². The largest absolute Gasteiger partial charge is 0.324 e. The summed E-state index contributed by atoms with van der Waals surface area (Å²) in [6.07, 6.45) is 0. The molecule has 1 amide bonds. The molecule has 5 rings (SSSR count). The first kappa shape index (κ1) is 24.6. The van der Waals surface area contributed by atoms with Crippen molar-refractivity contribution >= 4 is 68.1 Å². The lowest BCUT2D eigenvalue weighted by Crippen LogP contribution is -2.22. The number of amides is 1. The van der Waals surface area contributed by atoms with E-state index in [0.717, 1.165) is 16.0 Å². The molecule has 2 aromatic heterocycles. The Bertz CT molecular complexity index is 1630. The van der Waals surface area contributed by atoms with Crippen LogP contribution in [0.25, 0.3) is 27.0 Å². The average Bonchev–Trinajstić information content (AvgIpc) is 3.22. The summed E-state index contributed by atoms with van der Waals surface area (Å²) in [6, 6.07) is 24.2. The van der Waals surface area contributed by atoms with Gasteiger partial charge in [0.1, 0.15) is 4.83 Å². The number of thiophene rings is 1. The Hall–Kier alpha value is -3.10. The van der Waals surface area contributed by atoms with Crippen LogP contribution >= 0.6 is 46.3 Å². The number of anilines is 1. The highest BCUT2D eigenvalue weighted by molar-refractivity contribution is 7.99. The van der Waals surface area contributed by atoms with Gasteiger partial charge in [-0.1, -0.05) is 89.6 Å². The molecule has 9 heteroatoms. The number of rotatable bonds is 6. The second-order valence-corrected chi connectivity index (χ2v) is 10.8. The standard InChI is InChI=1S/C27H19Cl2N3O2S2/c1-16-22(17-9-4-2-5-10-17)23-25(36-16)31-27(32(26(23)34)18-11-6-3-7-12-18)35-15-21(33)30-20-14-8-13-19(28)24(20)29/h2-14H,15H2,1H3,(H,30,33). The third-order valence-electron chi connectivity index (χ3n) is 5.51. The number of thioether (sulfide) groups is 1. The summed E-state index contributed by atoms with van der Waals surface area (Å²) in [5.41, 5.74) is 2.80. The molecule has 0 spiro atoms. The van der Waals surface area contributed by atoms with Crippen molar-refractivity contribution in [3.63, 3.8) is 0 Å². The number of nitrogens with one attached hydrogen (secondary N) is 1. The lowest BCUT2D eigenvalue weighted by Gasteiger charge is -2.13. The minimum Gasteiger partial charge on any atom is -0.324 e. The maximum atomic E-state index is 14.0. The van der Waals surface area contributed by atoms with Gasteiger partial charge in [0.2, 0.25) is 5.91 Å². The van der Waals surface area contributed by atoms with Crippen LogP contribution < -0.4 is 10.9 Å². The van der Waals surface area contributed by atoms with Crippen molar-refractivity contribution in [2.24, 2.45) is 0 Å². The van der Waals surface area contributed by atoms with E-state index in [1.807, 2.05) is 67.6 Å². The van der Waals surface area contributed by atoms with Gasteiger partial charge in [-0.05, 0) is 36.8 Å². The Labute approximate surface area is 225 Å². The zero-order chi connectivity index (χ0) is 25.2. The highest BCUT2D eigenvalue weighted by Crippen LogP contribution is 2.37. The molecule has 0 unspecified atom stereocenters. The molecule has 0 aliphatic rings. The van der Waals surface area contributed by atoms with Crippen molar-refractivity contribution in [1.29, 1.82) is 0 Å². The molecule has 5 nitrogen and oxygen atoms in total. The van der Waals surface area contributed by atoms with Crippen LogP contribution in [-0.2, 0) is 4.79 Å². The minimum atomic E-state index is -0.287. The second-order valence-electron chi connectivity index (χ2n) is 7.89. The zero-order valence-electron chi connectivity index (χ0n) is 19.0.